The lowest BCUT2D eigenvalue weighted by Gasteiger charge is -2.03. The highest BCUT2D eigenvalue weighted by Crippen LogP contribution is 1.97. The summed E-state index contributed by atoms with van der Waals surface area (Å²) in [6, 6.07) is 10.2. The van der Waals surface area contributed by atoms with E-state index < -0.39 is 16.0 Å². The Balaban J connectivity index is 2.37. The van der Waals surface area contributed by atoms with E-state index in [4.69, 9.17) is 5.11 Å². The molecular weight excluding hydrogens is 202 g/mol. The van der Waals surface area contributed by atoms with Gasteiger partial charge in [0.15, 0.2) is 5.94 Å². The smallest absolute Gasteiger partial charge is 0.235 e. The SMILES string of the molecule is O=S(=O)(CO)NCCc1cc[c]cc1. The lowest BCUT2D eigenvalue weighted by molar-refractivity contribution is 0.356. The molecule has 1 rings (SSSR count). The summed E-state index contributed by atoms with van der Waals surface area (Å²) in [6.45, 7) is 0.299. The number of sulfonamides is 1. The van der Waals surface area contributed by atoms with E-state index in [2.05, 4.69) is 10.8 Å². The Bertz CT molecular complexity index is 361. The molecule has 1 aromatic rings. The average molecular weight is 214 g/mol. The summed E-state index contributed by atoms with van der Waals surface area (Å²) in [4.78, 5) is 0. The van der Waals surface area contributed by atoms with Crippen LogP contribution < -0.4 is 4.72 Å². The van der Waals surface area contributed by atoms with Crippen molar-refractivity contribution in [3.05, 3.63) is 35.9 Å². The Morgan fingerprint density at radius 3 is 2.57 bits per heavy atom. The first-order chi connectivity index (χ1) is 6.64. The molecule has 14 heavy (non-hydrogen) atoms. The van der Waals surface area contributed by atoms with Crippen molar-refractivity contribution < 1.29 is 13.5 Å². The largest absolute Gasteiger partial charge is 0.379 e. The van der Waals surface area contributed by atoms with Gasteiger partial charge in [0.05, 0.1) is 0 Å². The van der Waals surface area contributed by atoms with Crippen LogP contribution in [0.3, 0.4) is 0 Å². The maximum Gasteiger partial charge on any atom is 0.235 e. The molecule has 0 aliphatic rings. The van der Waals surface area contributed by atoms with Crippen LogP contribution in [0.4, 0.5) is 0 Å². The molecule has 0 aliphatic heterocycles. The minimum absolute atomic E-state index is 0.299. The molecule has 4 nitrogen and oxygen atoms in total. The zero-order valence-corrected chi connectivity index (χ0v) is 8.42. The van der Waals surface area contributed by atoms with E-state index in [1.807, 2.05) is 12.1 Å². The third-order valence-electron chi connectivity index (χ3n) is 1.69. The van der Waals surface area contributed by atoms with Crippen molar-refractivity contribution in [3.63, 3.8) is 0 Å². The highest BCUT2D eigenvalue weighted by Gasteiger charge is 2.05. The van der Waals surface area contributed by atoms with Gasteiger partial charge in [-0.25, -0.2) is 13.1 Å². The molecule has 0 atom stereocenters. The molecule has 77 valence electrons. The van der Waals surface area contributed by atoms with Gasteiger partial charge in [-0.3, -0.25) is 0 Å². The van der Waals surface area contributed by atoms with Crippen molar-refractivity contribution in [2.75, 3.05) is 12.5 Å². The van der Waals surface area contributed by atoms with Gasteiger partial charge in [-0.05, 0) is 18.1 Å². The summed E-state index contributed by atoms with van der Waals surface area (Å²) in [7, 11) is -3.49. The van der Waals surface area contributed by atoms with Crippen LogP contribution in [0.5, 0.6) is 0 Å². The van der Waals surface area contributed by atoms with E-state index in [0.717, 1.165) is 5.56 Å². The van der Waals surface area contributed by atoms with Crippen LogP contribution in [0, 0.1) is 6.07 Å². The Labute approximate surface area is 83.6 Å². The molecule has 0 bridgehead atoms. The molecule has 0 heterocycles. The topological polar surface area (TPSA) is 66.4 Å². The predicted molar refractivity (Wildman–Crippen MR) is 53.0 cm³/mol. The third kappa shape index (κ3) is 3.87. The molecule has 0 unspecified atom stereocenters. The van der Waals surface area contributed by atoms with E-state index in [0.29, 0.717) is 13.0 Å². The van der Waals surface area contributed by atoms with Crippen molar-refractivity contribution in [2.45, 2.75) is 6.42 Å². The molecule has 0 amide bonds. The molecule has 0 saturated carbocycles. The molecule has 0 saturated heterocycles. The van der Waals surface area contributed by atoms with E-state index in [1.165, 1.54) is 0 Å². The standard InChI is InChI=1S/C9H12NO3S/c11-8-14(12,13)10-7-6-9-4-2-1-3-5-9/h2-5,10-11H,6-8H2. The highest BCUT2D eigenvalue weighted by molar-refractivity contribution is 7.89. The average Bonchev–Trinajstić information content (AvgIpc) is 2.19. The summed E-state index contributed by atoms with van der Waals surface area (Å²) < 4.78 is 23.9. The zero-order chi connectivity index (χ0) is 10.4. The van der Waals surface area contributed by atoms with Gasteiger partial charge in [0, 0.05) is 6.54 Å². The minimum atomic E-state index is -3.49. The van der Waals surface area contributed by atoms with Crippen molar-refractivity contribution in [1.82, 2.24) is 4.72 Å². The number of hydrogen-bond donors (Lipinski definition) is 2. The Kier molecular flexibility index (Phi) is 4.06. The number of rotatable bonds is 5. The minimum Gasteiger partial charge on any atom is -0.379 e. The van der Waals surface area contributed by atoms with Crippen LogP contribution >= 0.6 is 0 Å². The molecule has 5 heteroatoms. The predicted octanol–water partition coefficient (Wildman–Crippen LogP) is -0.102. The van der Waals surface area contributed by atoms with E-state index >= 15 is 0 Å². The number of aliphatic hydroxyl groups is 1. The van der Waals surface area contributed by atoms with E-state index in [1.54, 1.807) is 12.1 Å². The summed E-state index contributed by atoms with van der Waals surface area (Å²) in [5.74, 6) is -0.866. The van der Waals surface area contributed by atoms with Gasteiger partial charge >= 0.3 is 0 Å². The van der Waals surface area contributed by atoms with Crippen molar-refractivity contribution in [1.29, 1.82) is 0 Å². The first-order valence-electron chi connectivity index (χ1n) is 4.17. The lowest BCUT2D eigenvalue weighted by atomic mass is 10.2. The van der Waals surface area contributed by atoms with Crippen molar-refractivity contribution >= 4 is 10.0 Å². The van der Waals surface area contributed by atoms with Crippen molar-refractivity contribution in [3.8, 4) is 0 Å². The van der Waals surface area contributed by atoms with Crippen LogP contribution in [0.15, 0.2) is 24.3 Å². The van der Waals surface area contributed by atoms with E-state index in [-0.39, 0.29) is 0 Å². The fourth-order valence-electron chi connectivity index (χ4n) is 0.985. The lowest BCUT2D eigenvalue weighted by Crippen LogP contribution is -2.28. The number of aliphatic hydroxyl groups excluding tert-OH is 1. The quantitative estimate of drug-likeness (QED) is 0.719. The number of benzene rings is 1. The van der Waals surface area contributed by atoms with Gasteiger partial charge in [0.2, 0.25) is 10.0 Å². The molecule has 0 aliphatic carbocycles. The monoisotopic (exact) mass is 214 g/mol. The fraction of sp³-hybridized carbons (Fsp3) is 0.333. The third-order valence-corrected chi connectivity index (χ3v) is 2.68. The molecular formula is C9H12NO3S. The van der Waals surface area contributed by atoms with Gasteiger partial charge in [-0.15, -0.1) is 0 Å². The summed E-state index contributed by atoms with van der Waals surface area (Å²) >= 11 is 0. The van der Waals surface area contributed by atoms with E-state index in [9.17, 15) is 8.42 Å². The summed E-state index contributed by atoms with van der Waals surface area (Å²) in [6.07, 6.45) is 0.605. The van der Waals surface area contributed by atoms with Gasteiger partial charge in [-0.2, -0.15) is 0 Å². The first-order valence-corrected chi connectivity index (χ1v) is 5.82. The molecule has 1 radical (unpaired) electrons. The van der Waals surface area contributed by atoms with Gasteiger partial charge < -0.3 is 5.11 Å². The second kappa shape index (κ2) is 5.09. The second-order valence-electron chi connectivity index (χ2n) is 2.80. The van der Waals surface area contributed by atoms with Gasteiger partial charge in [0.1, 0.15) is 0 Å². The zero-order valence-electron chi connectivity index (χ0n) is 7.60. The van der Waals surface area contributed by atoms with Crippen molar-refractivity contribution in [2.24, 2.45) is 0 Å². The van der Waals surface area contributed by atoms with Crippen LogP contribution in [0.2, 0.25) is 0 Å². The Morgan fingerprint density at radius 2 is 2.00 bits per heavy atom. The molecule has 0 spiro atoms. The maximum absolute atomic E-state index is 10.8. The highest BCUT2D eigenvalue weighted by atomic mass is 32.2. The molecule has 0 aromatic heterocycles. The van der Waals surface area contributed by atoms with Crippen LogP contribution in [0.1, 0.15) is 5.56 Å². The second-order valence-corrected chi connectivity index (χ2v) is 4.57. The normalized spacial score (nSPS) is 11.5. The molecule has 2 N–H and O–H groups in total. The van der Waals surface area contributed by atoms with Gasteiger partial charge in [0.25, 0.3) is 0 Å². The Morgan fingerprint density at radius 1 is 1.36 bits per heavy atom. The number of nitrogens with one attached hydrogen (secondary N) is 1. The Hall–Kier alpha value is -0.910. The first kappa shape index (κ1) is 11.2. The van der Waals surface area contributed by atoms with Crippen LogP contribution in [0.25, 0.3) is 0 Å². The number of hydrogen-bond acceptors (Lipinski definition) is 3. The summed E-state index contributed by atoms with van der Waals surface area (Å²) in [5, 5.41) is 8.44. The fourth-order valence-corrected chi connectivity index (χ4v) is 1.49. The van der Waals surface area contributed by atoms with Crippen LogP contribution in [-0.4, -0.2) is 26.0 Å². The van der Waals surface area contributed by atoms with Gasteiger partial charge in [-0.1, -0.05) is 24.3 Å². The summed E-state index contributed by atoms with van der Waals surface area (Å²) in [5.41, 5.74) is 1.03. The molecule has 1 aromatic carbocycles. The van der Waals surface area contributed by atoms with Crippen LogP contribution in [-0.2, 0) is 16.4 Å². The molecule has 0 fully saturated rings. The maximum atomic E-state index is 10.8.